The fourth-order valence-corrected chi connectivity index (χ4v) is 1.91. The van der Waals surface area contributed by atoms with Gasteiger partial charge >= 0.3 is 0 Å². The first kappa shape index (κ1) is 13.4. The van der Waals surface area contributed by atoms with Crippen LogP contribution in [0.25, 0.3) is 0 Å². The van der Waals surface area contributed by atoms with Crippen LogP contribution in [0.1, 0.15) is 53.4 Å². The summed E-state index contributed by atoms with van der Waals surface area (Å²) in [6.07, 6.45) is 7.41. The van der Waals surface area contributed by atoms with Gasteiger partial charge in [0, 0.05) is 6.42 Å². The van der Waals surface area contributed by atoms with E-state index < -0.39 is 0 Å². The molecule has 0 aromatic rings. The smallest absolute Gasteiger partial charge is 0.120 e. The quantitative estimate of drug-likeness (QED) is 0.444. The topological polar surface area (TPSA) is 17.1 Å². The molecule has 0 saturated heterocycles. The highest BCUT2D eigenvalue weighted by Gasteiger charge is 2.08. The van der Waals surface area contributed by atoms with Gasteiger partial charge in [0.1, 0.15) is 6.29 Å². The number of aldehydes is 1. The Bertz CT molecular complexity index is 182. The van der Waals surface area contributed by atoms with E-state index in [-0.39, 0.29) is 0 Å². The molecule has 0 heterocycles. The lowest BCUT2D eigenvalue weighted by molar-refractivity contribution is -0.108. The minimum absolute atomic E-state index is 0.680. The molecule has 2 atom stereocenters. The van der Waals surface area contributed by atoms with E-state index in [1.54, 1.807) is 0 Å². The van der Waals surface area contributed by atoms with E-state index in [4.69, 9.17) is 0 Å². The first-order valence-electron chi connectivity index (χ1n) is 5.65. The second kappa shape index (κ2) is 7.78. The molecule has 1 heteroatoms. The Morgan fingerprint density at radius 2 is 1.93 bits per heavy atom. The number of hydrogen-bond donors (Lipinski definition) is 0. The average molecular weight is 196 g/mol. The maximum Gasteiger partial charge on any atom is 0.120 e. The van der Waals surface area contributed by atoms with Crippen molar-refractivity contribution < 1.29 is 4.79 Å². The fraction of sp³-hybridized carbons (Fsp3) is 0.769. The highest BCUT2D eigenvalue weighted by Crippen LogP contribution is 2.21. The molecule has 0 bridgehead atoms. The zero-order valence-electron chi connectivity index (χ0n) is 10.0. The van der Waals surface area contributed by atoms with E-state index in [1.807, 2.05) is 0 Å². The zero-order valence-corrected chi connectivity index (χ0v) is 10.0. The van der Waals surface area contributed by atoms with Gasteiger partial charge in [-0.2, -0.15) is 0 Å². The van der Waals surface area contributed by atoms with Crippen molar-refractivity contribution >= 4 is 6.29 Å². The van der Waals surface area contributed by atoms with Gasteiger partial charge in [0.05, 0.1) is 0 Å². The van der Waals surface area contributed by atoms with Crippen LogP contribution in [0.15, 0.2) is 11.6 Å². The van der Waals surface area contributed by atoms with Crippen LogP contribution in [0.2, 0.25) is 0 Å². The molecular weight excluding hydrogens is 172 g/mol. The van der Waals surface area contributed by atoms with Gasteiger partial charge in [0.15, 0.2) is 0 Å². The minimum Gasteiger partial charge on any atom is -0.303 e. The van der Waals surface area contributed by atoms with Gasteiger partial charge in [0.25, 0.3) is 0 Å². The van der Waals surface area contributed by atoms with Crippen molar-refractivity contribution in [3.05, 3.63) is 11.6 Å². The van der Waals surface area contributed by atoms with Crippen LogP contribution >= 0.6 is 0 Å². The summed E-state index contributed by atoms with van der Waals surface area (Å²) in [5, 5.41) is 0. The van der Waals surface area contributed by atoms with Crippen LogP contribution in [0, 0.1) is 11.8 Å². The van der Waals surface area contributed by atoms with E-state index in [0.29, 0.717) is 5.92 Å². The van der Waals surface area contributed by atoms with Crippen LogP contribution in [-0.2, 0) is 4.79 Å². The normalized spacial score (nSPS) is 16.4. The molecule has 0 aliphatic heterocycles. The third-order valence-electron chi connectivity index (χ3n) is 2.75. The molecular formula is C13H24O. The molecule has 0 aliphatic carbocycles. The van der Waals surface area contributed by atoms with Crippen molar-refractivity contribution in [3.63, 3.8) is 0 Å². The predicted molar refractivity (Wildman–Crippen MR) is 62.3 cm³/mol. The summed E-state index contributed by atoms with van der Waals surface area (Å²) in [6, 6.07) is 0. The Morgan fingerprint density at radius 3 is 2.43 bits per heavy atom. The van der Waals surface area contributed by atoms with Gasteiger partial charge in [-0.05, 0) is 44.9 Å². The third kappa shape index (κ3) is 6.88. The summed E-state index contributed by atoms with van der Waals surface area (Å²) in [7, 11) is 0. The lowest BCUT2D eigenvalue weighted by atomic mass is 9.90. The molecule has 0 unspecified atom stereocenters. The first-order chi connectivity index (χ1) is 6.60. The molecule has 0 aliphatic rings. The van der Waals surface area contributed by atoms with Crippen LogP contribution in [0.4, 0.5) is 0 Å². The van der Waals surface area contributed by atoms with E-state index in [0.717, 1.165) is 25.0 Å². The van der Waals surface area contributed by atoms with E-state index in [2.05, 4.69) is 33.8 Å². The standard InChI is InChI=1S/C13H24O/c1-5-11(2)9-13(4)10-12(3)7-6-8-14/h5,8,12-13H,6-7,9-10H2,1-4H3/b11-5+/t12-,13-/m0/s1. The Morgan fingerprint density at radius 1 is 1.29 bits per heavy atom. The molecule has 0 radical (unpaired) electrons. The monoisotopic (exact) mass is 196 g/mol. The number of carbonyl (C=O) groups excluding carboxylic acids is 1. The molecule has 0 N–H and O–H groups in total. The fourth-order valence-electron chi connectivity index (χ4n) is 1.91. The second-order valence-electron chi connectivity index (χ2n) is 4.53. The van der Waals surface area contributed by atoms with Crippen LogP contribution in [0.5, 0.6) is 0 Å². The average Bonchev–Trinajstić information content (AvgIpc) is 2.14. The van der Waals surface area contributed by atoms with E-state index >= 15 is 0 Å². The molecule has 0 saturated carbocycles. The highest BCUT2D eigenvalue weighted by molar-refractivity contribution is 5.49. The van der Waals surface area contributed by atoms with Gasteiger partial charge in [-0.3, -0.25) is 0 Å². The van der Waals surface area contributed by atoms with Crippen LogP contribution < -0.4 is 0 Å². The first-order valence-corrected chi connectivity index (χ1v) is 5.65. The molecule has 0 aromatic carbocycles. The molecule has 0 spiro atoms. The Balaban J connectivity index is 3.70. The van der Waals surface area contributed by atoms with Gasteiger partial charge in [0.2, 0.25) is 0 Å². The summed E-state index contributed by atoms with van der Waals surface area (Å²) < 4.78 is 0. The van der Waals surface area contributed by atoms with Crippen molar-refractivity contribution in [2.75, 3.05) is 0 Å². The Hall–Kier alpha value is -0.590. The second-order valence-corrected chi connectivity index (χ2v) is 4.53. The van der Waals surface area contributed by atoms with Crippen molar-refractivity contribution in [1.29, 1.82) is 0 Å². The number of rotatable bonds is 7. The zero-order chi connectivity index (χ0) is 11.0. The molecule has 82 valence electrons. The number of allylic oxidation sites excluding steroid dienone is 2. The molecule has 0 amide bonds. The summed E-state index contributed by atoms with van der Waals surface area (Å²) in [5.41, 5.74) is 1.47. The molecule has 0 rings (SSSR count). The Kier molecular flexibility index (Phi) is 7.45. The van der Waals surface area contributed by atoms with E-state index in [1.165, 1.54) is 18.4 Å². The summed E-state index contributed by atoms with van der Waals surface area (Å²) >= 11 is 0. The largest absolute Gasteiger partial charge is 0.303 e. The van der Waals surface area contributed by atoms with Crippen LogP contribution in [-0.4, -0.2) is 6.29 Å². The number of carbonyl (C=O) groups is 1. The van der Waals surface area contributed by atoms with Gasteiger partial charge in [-0.1, -0.05) is 25.5 Å². The summed E-state index contributed by atoms with van der Waals surface area (Å²) in [6.45, 7) is 8.82. The SMILES string of the molecule is C/C=C(\C)C[C@H](C)C[C@@H](C)CCC=O. The number of hydrogen-bond acceptors (Lipinski definition) is 1. The highest BCUT2D eigenvalue weighted by atomic mass is 16.1. The molecule has 0 fully saturated rings. The minimum atomic E-state index is 0.680. The molecule has 1 nitrogen and oxygen atoms in total. The van der Waals surface area contributed by atoms with Crippen molar-refractivity contribution in [2.24, 2.45) is 11.8 Å². The predicted octanol–water partition coefficient (Wildman–Crippen LogP) is 3.98. The van der Waals surface area contributed by atoms with Crippen molar-refractivity contribution in [2.45, 2.75) is 53.4 Å². The third-order valence-corrected chi connectivity index (χ3v) is 2.75. The van der Waals surface area contributed by atoms with E-state index in [9.17, 15) is 4.79 Å². The van der Waals surface area contributed by atoms with Gasteiger partial charge < -0.3 is 4.79 Å². The Labute approximate surface area is 88.6 Å². The van der Waals surface area contributed by atoms with Gasteiger partial charge in [-0.25, -0.2) is 0 Å². The van der Waals surface area contributed by atoms with Crippen molar-refractivity contribution in [3.8, 4) is 0 Å². The molecule has 14 heavy (non-hydrogen) atoms. The molecule has 0 aromatic heterocycles. The lowest BCUT2D eigenvalue weighted by Crippen LogP contribution is -2.04. The van der Waals surface area contributed by atoms with Crippen molar-refractivity contribution in [1.82, 2.24) is 0 Å². The van der Waals surface area contributed by atoms with Gasteiger partial charge in [-0.15, -0.1) is 0 Å². The summed E-state index contributed by atoms with van der Waals surface area (Å²) in [5.74, 6) is 1.42. The maximum atomic E-state index is 10.2. The maximum absolute atomic E-state index is 10.2. The summed E-state index contributed by atoms with van der Waals surface area (Å²) in [4.78, 5) is 10.2. The van der Waals surface area contributed by atoms with Crippen LogP contribution in [0.3, 0.4) is 0 Å². The lowest BCUT2D eigenvalue weighted by Gasteiger charge is -2.16.